The highest BCUT2D eigenvalue weighted by Crippen LogP contribution is 2.25. The van der Waals surface area contributed by atoms with Gasteiger partial charge in [0.15, 0.2) is 5.82 Å². The molecule has 0 spiro atoms. The molecular formula is C39H45N5O5. The third-order valence-electron chi connectivity index (χ3n) is 8.63. The fourth-order valence-corrected chi connectivity index (χ4v) is 5.53. The summed E-state index contributed by atoms with van der Waals surface area (Å²) in [6.45, 7) is 11.5. The van der Waals surface area contributed by atoms with Gasteiger partial charge in [-0.25, -0.2) is 9.97 Å². The van der Waals surface area contributed by atoms with Crippen LogP contribution in [0.3, 0.4) is 0 Å². The Hall–Kier alpha value is -5.12. The molecule has 4 aromatic rings. The van der Waals surface area contributed by atoms with Crippen LogP contribution in [-0.4, -0.2) is 68.5 Å². The zero-order valence-corrected chi connectivity index (χ0v) is 28.8. The van der Waals surface area contributed by atoms with Crippen molar-refractivity contribution in [3.63, 3.8) is 0 Å². The summed E-state index contributed by atoms with van der Waals surface area (Å²) < 4.78 is 5.86. The van der Waals surface area contributed by atoms with Crippen molar-refractivity contribution in [1.29, 1.82) is 0 Å². The first kappa shape index (κ1) is 35.2. The molecule has 2 amide bonds. The normalized spacial score (nSPS) is 13.9. The van der Waals surface area contributed by atoms with Crippen molar-refractivity contribution in [2.24, 2.45) is 11.8 Å². The summed E-state index contributed by atoms with van der Waals surface area (Å²) in [7, 11) is 0. The van der Waals surface area contributed by atoms with Crippen molar-refractivity contribution < 1.29 is 24.2 Å². The number of likely N-dealkylation sites (tertiary alicyclic amines) is 1. The molecule has 1 aliphatic rings. The van der Waals surface area contributed by atoms with Gasteiger partial charge in [0.05, 0.1) is 18.1 Å². The zero-order chi connectivity index (χ0) is 35.1. The molecule has 0 saturated carbocycles. The standard InChI is InChI=1S/C39H45N5O5/c1-25(2)7-6-18-49-32-15-12-27(13-16-32)30-21-41-35(42-22-30)28-10-8-26(9-11-28)19-33(37(46)44-23-31(24-44)38(47)48)43-36(45)29-14-17-34(40-20-29)39(3,4)5/h8-17,20-22,25,31,33H,6-7,18-19,23-24H2,1-5H3,(H,43,45)(H,47,48)/t33-/m0/s1. The molecule has 0 radical (unpaired) electrons. The van der Waals surface area contributed by atoms with Crippen LogP contribution >= 0.6 is 0 Å². The number of amides is 2. The van der Waals surface area contributed by atoms with Crippen molar-refractivity contribution in [2.45, 2.75) is 65.3 Å². The Morgan fingerprint density at radius 3 is 2.10 bits per heavy atom. The summed E-state index contributed by atoms with van der Waals surface area (Å²) >= 11 is 0. The lowest BCUT2D eigenvalue weighted by Crippen LogP contribution is -2.59. The maximum atomic E-state index is 13.5. The van der Waals surface area contributed by atoms with Crippen LogP contribution in [0.1, 0.15) is 69.1 Å². The van der Waals surface area contributed by atoms with Gasteiger partial charge in [-0.2, -0.15) is 0 Å². The van der Waals surface area contributed by atoms with Crippen LogP contribution in [0.2, 0.25) is 0 Å². The number of rotatable bonds is 13. The number of nitrogens with one attached hydrogen (secondary N) is 1. The Kier molecular flexibility index (Phi) is 11.1. The Labute approximate surface area is 288 Å². The van der Waals surface area contributed by atoms with E-state index in [2.05, 4.69) is 34.1 Å². The summed E-state index contributed by atoms with van der Waals surface area (Å²) in [5.74, 6) is -0.201. The van der Waals surface area contributed by atoms with Gasteiger partial charge < -0.3 is 20.1 Å². The van der Waals surface area contributed by atoms with Gasteiger partial charge in [0.2, 0.25) is 5.91 Å². The molecule has 1 atom stereocenters. The molecule has 1 saturated heterocycles. The Bertz CT molecular complexity index is 1730. The van der Waals surface area contributed by atoms with E-state index in [9.17, 15) is 19.5 Å². The molecule has 2 N–H and O–H groups in total. The summed E-state index contributed by atoms with van der Waals surface area (Å²) in [6, 6.07) is 18.1. The third kappa shape index (κ3) is 9.28. The van der Waals surface area contributed by atoms with Gasteiger partial charge in [0.1, 0.15) is 11.8 Å². The first-order chi connectivity index (χ1) is 23.4. The largest absolute Gasteiger partial charge is 0.494 e. The number of carbonyl (C=O) groups is 3. The van der Waals surface area contributed by atoms with Crippen molar-refractivity contribution in [2.75, 3.05) is 19.7 Å². The molecule has 0 aliphatic carbocycles. The molecule has 5 rings (SSSR count). The van der Waals surface area contributed by atoms with Gasteiger partial charge in [-0.3, -0.25) is 19.4 Å². The number of carbonyl (C=O) groups excluding carboxylic acids is 2. The number of benzene rings is 2. The summed E-state index contributed by atoms with van der Waals surface area (Å²) in [4.78, 5) is 53.1. The van der Waals surface area contributed by atoms with Crippen LogP contribution in [0.25, 0.3) is 22.5 Å². The number of pyridine rings is 1. The fraction of sp³-hybridized carbons (Fsp3) is 0.385. The summed E-state index contributed by atoms with van der Waals surface area (Å²) in [5.41, 5.74) is 4.54. The molecule has 0 bridgehead atoms. The van der Waals surface area contributed by atoms with Gasteiger partial charge in [0, 0.05) is 60.3 Å². The molecule has 3 heterocycles. The lowest BCUT2D eigenvalue weighted by molar-refractivity contribution is -0.153. The van der Waals surface area contributed by atoms with Crippen LogP contribution in [-0.2, 0) is 21.4 Å². The lowest BCUT2D eigenvalue weighted by Gasteiger charge is -2.39. The van der Waals surface area contributed by atoms with E-state index in [1.165, 1.54) is 11.1 Å². The number of aromatic nitrogens is 3. The van der Waals surface area contributed by atoms with Crippen LogP contribution in [0, 0.1) is 11.8 Å². The molecule has 2 aromatic carbocycles. The average Bonchev–Trinajstić information content (AvgIpc) is 3.06. The highest BCUT2D eigenvalue weighted by atomic mass is 16.5. The minimum absolute atomic E-state index is 0.116. The first-order valence-electron chi connectivity index (χ1n) is 16.8. The van der Waals surface area contributed by atoms with Crippen molar-refractivity contribution >= 4 is 17.8 Å². The number of aliphatic carboxylic acids is 1. The van der Waals surface area contributed by atoms with Crippen molar-refractivity contribution in [3.05, 3.63) is 96.1 Å². The topological polar surface area (TPSA) is 135 Å². The molecule has 0 unspecified atom stereocenters. The predicted octanol–water partition coefficient (Wildman–Crippen LogP) is 6.20. The highest BCUT2D eigenvalue weighted by molar-refractivity contribution is 5.97. The van der Waals surface area contributed by atoms with Gasteiger partial charge >= 0.3 is 5.97 Å². The van der Waals surface area contributed by atoms with E-state index in [-0.39, 0.29) is 30.8 Å². The highest BCUT2D eigenvalue weighted by Gasteiger charge is 2.39. The molecule has 10 nitrogen and oxygen atoms in total. The van der Waals surface area contributed by atoms with E-state index in [1.807, 2.05) is 75.4 Å². The van der Waals surface area contributed by atoms with Crippen LogP contribution in [0.4, 0.5) is 0 Å². The number of hydrogen-bond donors (Lipinski definition) is 2. The van der Waals surface area contributed by atoms with E-state index in [1.54, 1.807) is 18.5 Å². The number of carboxylic acid groups (broad SMARTS) is 1. The van der Waals surface area contributed by atoms with Crippen molar-refractivity contribution in [1.82, 2.24) is 25.2 Å². The number of nitrogens with zero attached hydrogens (tertiary/aromatic N) is 4. The van der Waals surface area contributed by atoms with Crippen LogP contribution in [0.5, 0.6) is 5.75 Å². The summed E-state index contributed by atoms with van der Waals surface area (Å²) in [6.07, 6.45) is 7.50. The lowest BCUT2D eigenvalue weighted by atomic mass is 9.91. The second-order valence-corrected chi connectivity index (χ2v) is 14.1. The average molecular weight is 664 g/mol. The Morgan fingerprint density at radius 1 is 0.878 bits per heavy atom. The van der Waals surface area contributed by atoms with E-state index >= 15 is 0 Å². The molecule has 49 heavy (non-hydrogen) atoms. The molecule has 10 heteroatoms. The minimum atomic E-state index is -0.934. The maximum Gasteiger partial charge on any atom is 0.310 e. The zero-order valence-electron chi connectivity index (χ0n) is 28.8. The molecule has 2 aromatic heterocycles. The monoisotopic (exact) mass is 663 g/mol. The number of carboxylic acids is 1. The molecular weight excluding hydrogens is 618 g/mol. The van der Waals surface area contributed by atoms with Crippen LogP contribution < -0.4 is 10.1 Å². The first-order valence-corrected chi connectivity index (χ1v) is 16.8. The minimum Gasteiger partial charge on any atom is -0.494 e. The van der Waals surface area contributed by atoms with E-state index in [4.69, 9.17) is 4.74 Å². The number of ether oxygens (including phenoxy) is 1. The van der Waals surface area contributed by atoms with Crippen LogP contribution in [0.15, 0.2) is 79.3 Å². The number of hydrogen-bond acceptors (Lipinski definition) is 7. The second-order valence-electron chi connectivity index (χ2n) is 14.1. The van der Waals surface area contributed by atoms with Crippen molar-refractivity contribution in [3.8, 4) is 28.3 Å². The van der Waals surface area contributed by atoms with Gasteiger partial charge in [-0.1, -0.05) is 71.0 Å². The maximum absolute atomic E-state index is 13.5. The SMILES string of the molecule is CC(C)CCCOc1ccc(-c2cnc(-c3ccc(C[C@H](NC(=O)c4ccc(C(C)(C)C)nc4)C(=O)N4CC(C(=O)O)C4)cc3)nc2)cc1. The molecule has 1 fully saturated rings. The Balaban J connectivity index is 1.24. The van der Waals surface area contributed by atoms with E-state index < -0.39 is 23.8 Å². The third-order valence-corrected chi connectivity index (χ3v) is 8.63. The summed E-state index contributed by atoms with van der Waals surface area (Å²) in [5, 5.41) is 12.2. The van der Waals surface area contributed by atoms with Gasteiger partial charge in [-0.05, 0) is 54.2 Å². The fourth-order valence-electron chi connectivity index (χ4n) is 5.53. The van der Waals surface area contributed by atoms with E-state index in [0.29, 0.717) is 23.9 Å². The quantitative estimate of drug-likeness (QED) is 0.162. The molecule has 1 aliphatic heterocycles. The smallest absolute Gasteiger partial charge is 0.310 e. The van der Waals surface area contributed by atoms with E-state index in [0.717, 1.165) is 46.5 Å². The molecule has 256 valence electrons. The van der Waals surface area contributed by atoms with Gasteiger partial charge in [-0.15, -0.1) is 0 Å². The predicted molar refractivity (Wildman–Crippen MR) is 188 cm³/mol. The second kappa shape index (κ2) is 15.4. The van der Waals surface area contributed by atoms with Gasteiger partial charge in [0.25, 0.3) is 5.91 Å². The Morgan fingerprint density at radius 2 is 1.53 bits per heavy atom.